The maximum atomic E-state index is 14.1. The van der Waals surface area contributed by atoms with Crippen molar-refractivity contribution >= 4 is 0 Å². The van der Waals surface area contributed by atoms with Crippen molar-refractivity contribution in [1.29, 1.82) is 0 Å². The summed E-state index contributed by atoms with van der Waals surface area (Å²) >= 11 is 0. The third-order valence-electron chi connectivity index (χ3n) is 3.98. The van der Waals surface area contributed by atoms with Crippen molar-refractivity contribution in [2.24, 2.45) is 0 Å². The van der Waals surface area contributed by atoms with Crippen molar-refractivity contribution in [3.63, 3.8) is 0 Å². The van der Waals surface area contributed by atoms with E-state index in [0.29, 0.717) is 28.6 Å². The van der Waals surface area contributed by atoms with E-state index >= 15 is 0 Å². The first kappa shape index (κ1) is 17.6. The maximum absolute atomic E-state index is 14.1. The van der Waals surface area contributed by atoms with E-state index in [1.54, 1.807) is 58.0 Å². The standard InChI is InChI=1S/C19H19FN2O4/c1-23-15-6-5-12(9-14(15)20)19-21-7-8-22(19)13-10-16(24-2)18(26-4)17(11-13)25-3/h5-11H,1-4H3. The Hall–Kier alpha value is -3.22. The number of methoxy groups -OCH3 is 4. The zero-order valence-corrected chi connectivity index (χ0v) is 14.9. The van der Waals surface area contributed by atoms with Crippen LogP contribution in [0.5, 0.6) is 23.0 Å². The molecule has 0 saturated carbocycles. The van der Waals surface area contributed by atoms with Crippen LogP contribution in [0.15, 0.2) is 42.7 Å². The van der Waals surface area contributed by atoms with Gasteiger partial charge in [-0.15, -0.1) is 0 Å². The van der Waals surface area contributed by atoms with Crippen molar-refractivity contribution in [3.05, 3.63) is 48.5 Å². The molecule has 0 atom stereocenters. The minimum atomic E-state index is -0.454. The molecule has 6 nitrogen and oxygen atoms in total. The Morgan fingerprint density at radius 3 is 2.04 bits per heavy atom. The summed E-state index contributed by atoms with van der Waals surface area (Å²) in [5, 5.41) is 0. The number of rotatable bonds is 6. The number of nitrogens with zero attached hydrogens (tertiary/aromatic N) is 2. The molecule has 0 amide bonds. The first-order valence-electron chi connectivity index (χ1n) is 7.80. The monoisotopic (exact) mass is 358 g/mol. The molecular weight excluding hydrogens is 339 g/mol. The van der Waals surface area contributed by atoms with Gasteiger partial charge < -0.3 is 18.9 Å². The predicted octanol–water partition coefficient (Wildman–Crippen LogP) is 3.71. The Labute approximate surface area is 150 Å². The van der Waals surface area contributed by atoms with E-state index in [4.69, 9.17) is 18.9 Å². The third-order valence-corrected chi connectivity index (χ3v) is 3.98. The highest BCUT2D eigenvalue weighted by Gasteiger charge is 2.17. The summed E-state index contributed by atoms with van der Waals surface area (Å²) < 4.78 is 37.0. The van der Waals surface area contributed by atoms with Crippen LogP contribution in [0, 0.1) is 5.82 Å². The molecule has 1 aromatic heterocycles. The Morgan fingerprint density at radius 2 is 1.50 bits per heavy atom. The van der Waals surface area contributed by atoms with E-state index in [9.17, 15) is 4.39 Å². The molecule has 3 aromatic rings. The van der Waals surface area contributed by atoms with E-state index in [0.717, 1.165) is 5.69 Å². The van der Waals surface area contributed by atoms with E-state index in [-0.39, 0.29) is 5.75 Å². The Morgan fingerprint density at radius 1 is 0.846 bits per heavy atom. The molecule has 136 valence electrons. The number of hydrogen-bond acceptors (Lipinski definition) is 5. The molecule has 0 aliphatic rings. The molecule has 0 bridgehead atoms. The van der Waals surface area contributed by atoms with Gasteiger partial charge in [0, 0.05) is 30.1 Å². The van der Waals surface area contributed by atoms with Gasteiger partial charge in [-0.3, -0.25) is 4.57 Å². The van der Waals surface area contributed by atoms with Crippen molar-refractivity contribution in [2.75, 3.05) is 28.4 Å². The Balaban J connectivity index is 2.13. The van der Waals surface area contributed by atoms with Crippen LogP contribution < -0.4 is 18.9 Å². The zero-order chi connectivity index (χ0) is 18.7. The van der Waals surface area contributed by atoms with Crippen molar-refractivity contribution < 1.29 is 23.3 Å². The van der Waals surface area contributed by atoms with Crippen LogP contribution >= 0.6 is 0 Å². The van der Waals surface area contributed by atoms with Crippen molar-refractivity contribution in [1.82, 2.24) is 9.55 Å². The molecule has 3 rings (SSSR count). The first-order valence-corrected chi connectivity index (χ1v) is 7.80. The van der Waals surface area contributed by atoms with Gasteiger partial charge in [0.2, 0.25) is 5.75 Å². The van der Waals surface area contributed by atoms with Crippen LogP contribution in [-0.4, -0.2) is 38.0 Å². The van der Waals surface area contributed by atoms with Crippen LogP contribution in [0.4, 0.5) is 4.39 Å². The first-order chi connectivity index (χ1) is 12.6. The summed E-state index contributed by atoms with van der Waals surface area (Å²) in [6.07, 6.45) is 3.42. The van der Waals surface area contributed by atoms with Crippen molar-refractivity contribution in [3.8, 4) is 40.1 Å². The Kier molecular flexibility index (Phi) is 4.97. The number of hydrogen-bond donors (Lipinski definition) is 0. The summed E-state index contributed by atoms with van der Waals surface area (Å²) in [6, 6.07) is 8.30. The van der Waals surface area contributed by atoms with Gasteiger partial charge in [-0.05, 0) is 18.2 Å². The highest BCUT2D eigenvalue weighted by molar-refractivity contribution is 5.64. The molecule has 0 unspecified atom stereocenters. The summed E-state index contributed by atoms with van der Waals surface area (Å²) in [5.74, 6) is 1.82. The average molecular weight is 358 g/mol. The quantitative estimate of drug-likeness (QED) is 0.672. The fraction of sp³-hybridized carbons (Fsp3) is 0.211. The summed E-state index contributed by atoms with van der Waals surface area (Å²) in [6.45, 7) is 0. The lowest BCUT2D eigenvalue weighted by molar-refractivity contribution is 0.324. The molecule has 0 fully saturated rings. The number of imidazole rings is 1. The summed E-state index contributed by atoms with van der Waals surface area (Å²) in [7, 11) is 6.07. The van der Waals surface area contributed by atoms with Crippen LogP contribution in [0.2, 0.25) is 0 Å². The van der Waals surface area contributed by atoms with E-state index < -0.39 is 5.82 Å². The van der Waals surface area contributed by atoms with Gasteiger partial charge in [0.15, 0.2) is 23.1 Å². The normalized spacial score (nSPS) is 10.5. The Bertz CT molecular complexity index is 899. The molecule has 0 aliphatic heterocycles. The lowest BCUT2D eigenvalue weighted by Gasteiger charge is -2.16. The van der Waals surface area contributed by atoms with E-state index in [2.05, 4.69) is 4.98 Å². The van der Waals surface area contributed by atoms with Gasteiger partial charge in [-0.2, -0.15) is 0 Å². The molecule has 1 heterocycles. The van der Waals surface area contributed by atoms with E-state index in [1.807, 2.05) is 4.57 Å². The van der Waals surface area contributed by atoms with Crippen LogP contribution in [0.25, 0.3) is 17.1 Å². The summed E-state index contributed by atoms with van der Waals surface area (Å²) in [5.41, 5.74) is 1.35. The minimum absolute atomic E-state index is 0.180. The highest BCUT2D eigenvalue weighted by Crippen LogP contribution is 2.40. The molecule has 7 heteroatoms. The molecule has 0 spiro atoms. The molecule has 0 N–H and O–H groups in total. The number of ether oxygens (including phenoxy) is 4. The van der Waals surface area contributed by atoms with Crippen LogP contribution in [-0.2, 0) is 0 Å². The average Bonchev–Trinajstić information content (AvgIpc) is 3.16. The van der Waals surface area contributed by atoms with Gasteiger partial charge in [-0.1, -0.05) is 0 Å². The zero-order valence-electron chi connectivity index (χ0n) is 14.9. The van der Waals surface area contributed by atoms with Gasteiger partial charge >= 0.3 is 0 Å². The fourth-order valence-corrected chi connectivity index (χ4v) is 2.74. The predicted molar refractivity (Wildman–Crippen MR) is 95.2 cm³/mol. The second kappa shape index (κ2) is 7.35. The summed E-state index contributed by atoms with van der Waals surface area (Å²) in [4.78, 5) is 4.36. The van der Waals surface area contributed by atoms with E-state index in [1.165, 1.54) is 13.2 Å². The fourth-order valence-electron chi connectivity index (χ4n) is 2.74. The molecule has 26 heavy (non-hydrogen) atoms. The third kappa shape index (κ3) is 3.03. The smallest absolute Gasteiger partial charge is 0.203 e. The van der Waals surface area contributed by atoms with Gasteiger partial charge in [-0.25, -0.2) is 9.37 Å². The van der Waals surface area contributed by atoms with Gasteiger partial charge in [0.1, 0.15) is 5.82 Å². The second-order valence-corrected chi connectivity index (χ2v) is 5.35. The number of halogens is 1. The van der Waals surface area contributed by atoms with Crippen LogP contribution in [0.3, 0.4) is 0 Å². The highest BCUT2D eigenvalue weighted by atomic mass is 19.1. The van der Waals surface area contributed by atoms with Gasteiger partial charge in [0.25, 0.3) is 0 Å². The van der Waals surface area contributed by atoms with Gasteiger partial charge in [0.05, 0.1) is 34.1 Å². The lowest BCUT2D eigenvalue weighted by Crippen LogP contribution is -2.01. The van der Waals surface area contributed by atoms with Crippen molar-refractivity contribution in [2.45, 2.75) is 0 Å². The number of aromatic nitrogens is 2. The molecule has 2 aromatic carbocycles. The molecule has 0 saturated heterocycles. The second-order valence-electron chi connectivity index (χ2n) is 5.35. The molecular formula is C19H19FN2O4. The SMILES string of the molecule is COc1ccc(-c2nccn2-c2cc(OC)c(OC)c(OC)c2)cc1F. The topological polar surface area (TPSA) is 54.7 Å². The van der Waals surface area contributed by atoms with Crippen LogP contribution in [0.1, 0.15) is 0 Å². The molecule has 0 radical (unpaired) electrons. The minimum Gasteiger partial charge on any atom is -0.494 e. The number of benzene rings is 2. The molecule has 0 aliphatic carbocycles. The maximum Gasteiger partial charge on any atom is 0.203 e. The lowest BCUT2D eigenvalue weighted by atomic mass is 10.2. The largest absolute Gasteiger partial charge is 0.494 e.